The zero-order valence-corrected chi connectivity index (χ0v) is 10.9. The number of rotatable bonds is 8. The number of hydrogen-bond donors (Lipinski definition) is 1. The number of aliphatic hydroxyl groups excluding tert-OH is 1. The van der Waals surface area contributed by atoms with Crippen molar-refractivity contribution in [3.63, 3.8) is 0 Å². The second-order valence-corrected chi connectivity index (χ2v) is 4.04. The van der Waals surface area contributed by atoms with E-state index in [1.54, 1.807) is 0 Å². The molecular weight excluding hydrogens is 226 g/mol. The van der Waals surface area contributed by atoms with E-state index >= 15 is 0 Å². The highest BCUT2D eigenvalue weighted by Crippen LogP contribution is 2.13. The number of terminal acetylenes is 1. The summed E-state index contributed by atoms with van der Waals surface area (Å²) in [7, 11) is 0. The van der Waals surface area contributed by atoms with E-state index in [0.717, 1.165) is 18.8 Å². The highest BCUT2D eigenvalue weighted by molar-refractivity contribution is 5.27. The molecule has 3 nitrogen and oxygen atoms in total. The van der Waals surface area contributed by atoms with Gasteiger partial charge in [-0.1, -0.05) is 19.1 Å². The monoisotopic (exact) mass is 247 g/mol. The molecule has 0 fully saturated rings. The summed E-state index contributed by atoms with van der Waals surface area (Å²) < 4.78 is 5.48. The highest BCUT2D eigenvalue weighted by atomic mass is 16.5. The summed E-state index contributed by atoms with van der Waals surface area (Å²) in [4.78, 5) is 2.19. The fourth-order valence-electron chi connectivity index (χ4n) is 1.67. The summed E-state index contributed by atoms with van der Waals surface area (Å²) in [6, 6.07) is 8.01. The van der Waals surface area contributed by atoms with E-state index in [9.17, 15) is 0 Å². The van der Waals surface area contributed by atoms with Crippen LogP contribution in [0.3, 0.4) is 0 Å². The molecular formula is C15H21NO2. The van der Waals surface area contributed by atoms with Crippen LogP contribution in [0, 0.1) is 12.3 Å². The standard InChI is InChI=1S/C15H21NO2/c1-3-5-12-18-15-8-6-14(7-9-15)13-16(4-2)10-11-17/h1,6-9,17H,4-5,10-13H2,2H3. The van der Waals surface area contributed by atoms with Crippen LogP contribution < -0.4 is 4.74 Å². The normalized spacial score (nSPS) is 10.3. The third kappa shape index (κ3) is 5.22. The second kappa shape index (κ2) is 8.57. The summed E-state index contributed by atoms with van der Waals surface area (Å²) >= 11 is 0. The largest absolute Gasteiger partial charge is 0.493 e. The molecule has 0 heterocycles. The van der Waals surface area contributed by atoms with Crippen molar-refractivity contribution >= 4 is 0 Å². The Morgan fingerprint density at radius 3 is 2.61 bits per heavy atom. The Morgan fingerprint density at radius 2 is 2.06 bits per heavy atom. The summed E-state index contributed by atoms with van der Waals surface area (Å²) in [5.74, 6) is 3.39. The van der Waals surface area contributed by atoms with Crippen LogP contribution in [-0.2, 0) is 6.54 Å². The SMILES string of the molecule is C#CCCOc1ccc(CN(CC)CCO)cc1. The lowest BCUT2D eigenvalue weighted by molar-refractivity contribution is 0.197. The number of hydrogen-bond acceptors (Lipinski definition) is 3. The molecule has 0 bridgehead atoms. The van der Waals surface area contributed by atoms with Crippen molar-refractivity contribution in [2.45, 2.75) is 19.9 Å². The lowest BCUT2D eigenvalue weighted by Crippen LogP contribution is -2.25. The van der Waals surface area contributed by atoms with E-state index in [4.69, 9.17) is 16.3 Å². The predicted molar refractivity (Wildman–Crippen MR) is 73.4 cm³/mol. The highest BCUT2D eigenvalue weighted by Gasteiger charge is 2.03. The second-order valence-electron chi connectivity index (χ2n) is 4.04. The van der Waals surface area contributed by atoms with Gasteiger partial charge in [0.15, 0.2) is 0 Å². The lowest BCUT2D eigenvalue weighted by atomic mass is 10.2. The summed E-state index contributed by atoms with van der Waals surface area (Å²) in [6.07, 6.45) is 5.79. The van der Waals surface area contributed by atoms with Crippen LogP contribution in [0.4, 0.5) is 0 Å². The first-order valence-corrected chi connectivity index (χ1v) is 6.28. The first kappa shape index (κ1) is 14.6. The van der Waals surface area contributed by atoms with Crippen LogP contribution in [0.15, 0.2) is 24.3 Å². The van der Waals surface area contributed by atoms with Crippen molar-refractivity contribution in [1.29, 1.82) is 0 Å². The van der Waals surface area contributed by atoms with Crippen molar-refractivity contribution in [2.24, 2.45) is 0 Å². The molecule has 1 aromatic carbocycles. The van der Waals surface area contributed by atoms with Gasteiger partial charge in [-0.3, -0.25) is 4.90 Å². The Hall–Kier alpha value is -1.50. The molecule has 0 unspecified atom stereocenters. The third-order valence-corrected chi connectivity index (χ3v) is 2.71. The van der Waals surface area contributed by atoms with Gasteiger partial charge in [0.2, 0.25) is 0 Å². The first-order valence-electron chi connectivity index (χ1n) is 6.28. The minimum atomic E-state index is 0.196. The zero-order chi connectivity index (χ0) is 13.2. The summed E-state index contributed by atoms with van der Waals surface area (Å²) in [5, 5.41) is 8.93. The molecule has 1 N–H and O–H groups in total. The summed E-state index contributed by atoms with van der Waals surface area (Å²) in [5.41, 5.74) is 1.22. The van der Waals surface area contributed by atoms with Crippen molar-refractivity contribution in [3.05, 3.63) is 29.8 Å². The van der Waals surface area contributed by atoms with Gasteiger partial charge >= 0.3 is 0 Å². The molecule has 0 saturated carbocycles. The molecule has 18 heavy (non-hydrogen) atoms. The van der Waals surface area contributed by atoms with Crippen LogP contribution in [0.1, 0.15) is 18.9 Å². The quantitative estimate of drug-likeness (QED) is 0.562. The predicted octanol–water partition coefficient (Wildman–Crippen LogP) is 1.90. The molecule has 0 aliphatic carbocycles. The van der Waals surface area contributed by atoms with E-state index in [2.05, 4.69) is 17.7 Å². The molecule has 0 aromatic heterocycles. The van der Waals surface area contributed by atoms with E-state index < -0.39 is 0 Å². The van der Waals surface area contributed by atoms with Gasteiger partial charge in [0.1, 0.15) is 5.75 Å². The van der Waals surface area contributed by atoms with Crippen LogP contribution in [0.2, 0.25) is 0 Å². The molecule has 0 radical (unpaired) electrons. The molecule has 1 rings (SSSR count). The topological polar surface area (TPSA) is 32.7 Å². The Bertz CT molecular complexity index is 367. The fraction of sp³-hybridized carbons (Fsp3) is 0.467. The minimum Gasteiger partial charge on any atom is -0.493 e. The lowest BCUT2D eigenvalue weighted by Gasteiger charge is -2.19. The Kier molecular flexibility index (Phi) is 6.93. The van der Waals surface area contributed by atoms with Gasteiger partial charge in [-0.15, -0.1) is 12.3 Å². The number of ether oxygens (including phenoxy) is 1. The zero-order valence-electron chi connectivity index (χ0n) is 10.9. The molecule has 98 valence electrons. The minimum absolute atomic E-state index is 0.196. The average Bonchev–Trinajstić information content (AvgIpc) is 2.40. The number of benzene rings is 1. The molecule has 0 atom stereocenters. The van der Waals surface area contributed by atoms with Gasteiger partial charge in [-0.25, -0.2) is 0 Å². The van der Waals surface area contributed by atoms with Gasteiger partial charge in [-0.05, 0) is 24.2 Å². The Labute approximate surface area is 109 Å². The molecule has 0 saturated heterocycles. The van der Waals surface area contributed by atoms with Crippen LogP contribution >= 0.6 is 0 Å². The number of nitrogens with zero attached hydrogens (tertiary/aromatic N) is 1. The van der Waals surface area contributed by atoms with Gasteiger partial charge in [-0.2, -0.15) is 0 Å². The van der Waals surface area contributed by atoms with Crippen molar-refractivity contribution < 1.29 is 9.84 Å². The van der Waals surface area contributed by atoms with Crippen LogP contribution in [0.5, 0.6) is 5.75 Å². The Balaban J connectivity index is 2.46. The summed E-state index contributed by atoms with van der Waals surface area (Å²) in [6.45, 7) is 5.33. The van der Waals surface area contributed by atoms with Crippen molar-refractivity contribution in [1.82, 2.24) is 4.90 Å². The van der Waals surface area contributed by atoms with Gasteiger partial charge in [0, 0.05) is 19.5 Å². The van der Waals surface area contributed by atoms with Gasteiger partial charge in [0.25, 0.3) is 0 Å². The van der Waals surface area contributed by atoms with E-state index in [-0.39, 0.29) is 6.61 Å². The Morgan fingerprint density at radius 1 is 1.33 bits per heavy atom. The maximum atomic E-state index is 8.93. The van der Waals surface area contributed by atoms with E-state index in [0.29, 0.717) is 19.6 Å². The maximum absolute atomic E-state index is 8.93. The fourth-order valence-corrected chi connectivity index (χ4v) is 1.67. The van der Waals surface area contributed by atoms with Crippen LogP contribution in [-0.4, -0.2) is 36.3 Å². The van der Waals surface area contributed by atoms with E-state index in [1.807, 2.05) is 24.3 Å². The van der Waals surface area contributed by atoms with Crippen LogP contribution in [0.25, 0.3) is 0 Å². The molecule has 3 heteroatoms. The number of likely N-dealkylation sites (N-methyl/N-ethyl adjacent to an activating group) is 1. The molecule has 0 aliphatic heterocycles. The molecule has 1 aromatic rings. The third-order valence-electron chi connectivity index (χ3n) is 2.71. The maximum Gasteiger partial charge on any atom is 0.119 e. The van der Waals surface area contributed by atoms with Gasteiger partial charge < -0.3 is 9.84 Å². The molecule has 0 spiro atoms. The van der Waals surface area contributed by atoms with Crippen molar-refractivity contribution in [2.75, 3.05) is 26.3 Å². The van der Waals surface area contributed by atoms with Gasteiger partial charge in [0.05, 0.1) is 13.2 Å². The smallest absolute Gasteiger partial charge is 0.119 e. The molecule has 0 amide bonds. The average molecular weight is 247 g/mol. The first-order chi connectivity index (χ1) is 8.80. The number of aliphatic hydroxyl groups is 1. The molecule has 0 aliphatic rings. The van der Waals surface area contributed by atoms with Crippen molar-refractivity contribution in [3.8, 4) is 18.1 Å². The van der Waals surface area contributed by atoms with E-state index in [1.165, 1.54) is 5.56 Å².